The van der Waals surface area contributed by atoms with Crippen LogP contribution in [0.15, 0.2) is 53.4 Å². The summed E-state index contributed by atoms with van der Waals surface area (Å²) < 4.78 is 37.9. The number of aromatic nitrogens is 2. The molecule has 0 aliphatic heterocycles. The molecule has 0 atom stereocenters. The number of thioether (sulfide) groups is 1. The van der Waals surface area contributed by atoms with E-state index in [1.54, 1.807) is 24.3 Å². The van der Waals surface area contributed by atoms with Crippen molar-refractivity contribution in [3.05, 3.63) is 59.1 Å². The van der Waals surface area contributed by atoms with E-state index in [1.165, 1.54) is 24.3 Å². The minimum Gasteiger partial charge on any atom is -0.296 e. The van der Waals surface area contributed by atoms with E-state index in [2.05, 4.69) is 15.5 Å². The number of halogens is 4. The molecule has 3 rings (SSSR count). The van der Waals surface area contributed by atoms with Gasteiger partial charge in [-0.2, -0.15) is 13.2 Å². The summed E-state index contributed by atoms with van der Waals surface area (Å²) in [5.74, 6) is -0.695. The lowest BCUT2D eigenvalue weighted by molar-refractivity contribution is -0.0328. The molecule has 0 bridgehead atoms. The summed E-state index contributed by atoms with van der Waals surface area (Å²) in [7, 11) is 0. The lowest BCUT2D eigenvalue weighted by Gasteiger charge is -2.10. The Hall–Kier alpha value is -2.10. The van der Waals surface area contributed by atoms with Gasteiger partial charge in [0.25, 0.3) is 5.91 Å². The SMILES string of the molecule is O=C(Nc1nnc(-c2ccccc2Cl)s1)c1ccccc1SC(F)(F)F. The molecule has 1 N–H and O–H groups in total. The third-order valence-electron chi connectivity index (χ3n) is 3.11. The van der Waals surface area contributed by atoms with E-state index in [0.29, 0.717) is 15.6 Å². The first-order valence-corrected chi connectivity index (χ1v) is 9.09. The van der Waals surface area contributed by atoms with Crippen LogP contribution in [0.3, 0.4) is 0 Å². The van der Waals surface area contributed by atoms with Gasteiger partial charge < -0.3 is 0 Å². The van der Waals surface area contributed by atoms with Gasteiger partial charge in [0.15, 0.2) is 5.01 Å². The Labute approximate surface area is 159 Å². The summed E-state index contributed by atoms with van der Waals surface area (Å²) in [5.41, 5.74) is -3.93. The van der Waals surface area contributed by atoms with Gasteiger partial charge in [-0.05, 0) is 30.0 Å². The van der Waals surface area contributed by atoms with Crippen molar-refractivity contribution in [2.45, 2.75) is 10.4 Å². The highest BCUT2D eigenvalue weighted by molar-refractivity contribution is 8.00. The lowest BCUT2D eigenvalue weighted by Crippen LogP contribution is -2.14. The summed E-state index contributed by atoms with van der Waals surface area (Å²) in [5, 5.41) is 11.4. The van der Waals surface area contributed by atoms with Gasteiger partial charge in [0, 0.05) is 10.5 Å². The normalized spacial score (nSPS) is 11.4. The molecular formula is C16H9ClF3N3OS2. The first-order valence-electron chi connectivity index (χ1n) is 7.08. The van der Waals surface area contributed by atoms with Gasteiger partial charge in [-0.15, -0.1) is 10.2 Å². The van der Waals surface area contributed by atoms with Gasteiger partial charge >= 0.3 is 5.51 Å². The predicted octanol–water partition coefficient (Wildman–Crippen LogP) is 5.72. The number of carbonyl (C=O) groups excluding carboxylic acids is 1. The number of alkyl halides is 3. The molecule has 2 aromatic carbocycles. The zero-order valence-corrected chi connectivity index (χ0v) is 15.1. The van der Waals surface area contributed by atoms with Crippen molar-refractivity contribution in [3.8, 4) is 10.6 Å². The Morgan fingerprint density at radius 3 is 2.50 bits per heavy atom. The molecular weight excluding hydrogens is 407 g/mol. The van der Waals surface area contributed by atoms with E-state index < -0.39 is 11.4 Å². The van der Waals surface area contributed by atoms with Crippen LogP contribution in [0.2, 0.25) is 5.02 Å². The van der Waals surface area contributed by atoms with Gasteiger partial charge in [-0.3, -0.25) is 10.1 Å². The predicted molar refractivity (Wildman–Crippen MR) is 96.7 cm³/mol. The molecule has 1 heterocycles. The number of anilines is 1. The van der Waals surface area contributed by atoms with E-state index in [1.807, 2.05) is 0 Å². The average molecular weight is 416 g/mol. The highest BCUT2D eigenvalue weighted by Crippen LogP contribution is 2.39. The van der Waals surface area contributed by atoms with Crippen molar-refractivity contribution < 1.29 is 18.0 Å². The first kappa shape index (κ1) is 18.7. The van der Waals surface area contributed by atoms with Gasteiger partial charge in [-0.1, -0.05) is 53.3 Å². The molecule has 3 aromatic rings. The molecule has 0 saturated carbocycles. The fourth-order valence-electron chi connectivity index (χ4n) is 2.05. The van der Waals surface area contributed by atoms with E-state index in [9.17, 15) is 18.0 Å². The van der Waals surface area contributed by atoms with Crippen LogP contribution in [0.1, 0.15) is 10.4 Å². The number of rotatable bonds is 4. The molecule has 10 heteroatoms. The number of hydrogen-bond acceptors (Lipinski definition) is 5. The summed E-state index contributed by atoms with van der Waals surface area (Å²) >= 11 is 6.83. The van der Waals surface area contributed by atoms with Gasteiger partial charge in [-0.25, -0.2) is 0 Å². The van der Waals surface area contributed by atoms with Crippen molar-refractivity contribution in [2.75, 3.05) is 5.32 Å². The number of nitrogens with one attached hydrogen (secondary N) is 1. The van der Waals surface area contributed by atoms with Crippen LogP contribution >= 0.6 is 34.7 Å². The molecule has 0 aliphatic rings. The highest BCUT2D eigenvalue weighted by atomic mass is 35.5. The molecule has 0 fully saturated rings. The van der Waals surface area contributed by atoms with Crippen molar-refractivity contribution in [1.29, 1.82) is 0 Å². The minimum absolute atomic E-state index is 0.0932. The fourth-order valence-corrected chi connectivity index (χ4v) is 3.78. The third kappa shape index (κ3) is 4.54. The Bertz CT molecular complexity index is 946. The zero-order chi connectivity index (χ0) is 18.7. The third-order valence-corrected chi connectivity index (χ3v) is 5.12. The number of amides is 1. The van der Waals surface area contributed by atoms with E-state index >= 15 is 0 Å². The quantitative estimate of drug-likeness (QED) is 0.553. The summed E-state index contributed by atoms with van der Waals surface area (Å²) in [6, 6.07) is 12.5. The molecule has 0 saturated heterocycles. The van der Waals surface area contributed by atoms with Crippen molar-refractivity contribution in [2.24, 2.45) is 0 Å². The van der Waals surface area contributed by atoms with Crippen LogP contribution in [0.5, 0.6) is 0 Å². The van der Waals surface area contributed by atoms with Crippen molar-refractivity contribution in [1.82, 2.24) is 10.2 Å². The molecule has 134 valence electrons. The molecule has 26 heavy (non-hydrogen) atoms. The van der Waals surface area contributed by atoms with E-state index in [0.717, 1.165) is 11.3 Å². The number of benzene rings is 2. The molecule has 1 amide bonds. The van der Waals surface area contributed by atoms with Crippen LogP contribution in [0.25, 0.3) is 10.6 Å². The Kier molecular flexibility index (Phi) is 5.49. The zero-order valence-electron chi connectivity index (χ0n) is 12.7. The second-order valence-electron chi connectivity index (χ2n) is 4.89. The Balaban J connectivity index is 1.81. The van der Waals surface area contributed by atoms with Gasteiger partial charge in [0.1, 0.15) is 0 Å². The number of nitrogens with zero attached hydrogens (tertiary/aromatic N) is 2. The number of hydrogen-bond donors (Lipinski definition) is 1. The molecule has 0 spiro atoms. The maximum Gasteiger partial charge on any atom is 0.446 e. The largest absolute Gasteiger partial charge is 0.446 e. The maximum atomic E-state index is 12.6. The average Bonchev–Trinajstić information content (AvgIpc) is 3.02. The number of carbonyl (C=O) groups is 1. The van der Waals surface area contributed by atoms with Gasteiger partial charge in [0.2, 0.25) is 5.13 Å². The molecule has 0 aliphatic carbocycles. The summed E-state index contributed by atoms with van der Waals surface area (Å²) in [4.78, 5) is 12.2. The van der Waals surface area contributed by atoms with Gasteiger partial charge in [0.05, 0.1) is 10.6 Å². The highest BCUT2D eigenvalue weighted by Gasteiger charge is 2.31. The fraction of sp³-hybridized carbons (Fsp3) is 0.0625. The van der Waals surface area contributed by atoms with Crippen LogP contribution in [-0.2, 0) is 0 Å². The first-order chi connectivity index (χ1) is 12.3. The topological polar surface area (TPSA) is 54.9 Å². The molecule has 0 radical (unpaired) electrons. The van der Waals surface area contributed by atoms with Crippen LogP contribution in [0.4, 0.5) is 18.3 Å². The standard InChI is InChI=1S/C16H9ClF3N3OS2/c17-11-7-3-1-5-9(11)14-22-23-15(25-14)21-13(24)10-6-2-4-8-12(10)26-16(18,19)20/h1-8H,(H,21,23,24). The maximum absolute atomic E-state index is 12.6. The minimum atomic E-state index is -4.49. The monoisotopic (exact) mass is 415 g/mol. The van der Waals surface area contributed by atoms with Crippen LogP contribution in [-0.4, -0.2) is 21.6 Å². The summed E-state index contributed by atoms with van der Waals surface area (Å²) in [6.45, 7) is 0. The van der Waals surface area contributed by atoms with Crippen LogP contribution < -0.4 is 5.32 Å². The van der Waals surface area contributed by atoms with Crippen molar-refractivity contribution in [3.63, 3.8) is 0 Å². The molecule has 1 aromatic heterocycles. The smallest absolute Gasteiger partial charge is 0.296 e. The van der Waals surface area contributed by atoms with Crippen molar-refractivity contribution >= 4 is 45.7 Å². The summed E-state index contributed by atoms with van der Waals surface area (Å²) in [6.07, 6.45) is 0. The Morgan fingerprint density at radius 2 is 1.77 bits per heavy atom. The second-order valence-corrected chi connectivity index (χ2v) is 7.38. The lowest BCUT2D eigenvalue weighted by atomic mass is 10.2. The van der Waals surface area contributed by atoms with Crippen LogP contribution in [0, 0.1) is 0 Å². The second kappa shape index (κ2) is 7.65. The molecule has 0 unspecified atom stereocenters. The van der Waals surface area contributed by atoms with E-state index in [-0.39, 0.29) is 27.4 Å². The molecule has 4 nitrogen and oxygen atoms in total. The Morgan fingerprint density at radius 1 is 1.08 bits per heavy atom. The van der Waals surface area contributed by atoms with E-state index in [4.69, 9.17) is 11.6 Å².